The lowest BCUT2D eigenvalue weighted by molar-refractivity contribution is 0.616. The molecule has 0 aliphatic carbocycles. The molecule has 0 amide bonds. The van der Waals surface area contributed by atoms with Crippen molar-refractivity contribution >= 4 is 21.7 Å². The molecule has 0 unspecified atom stereocenters. The summed E-state index contributed by atoms with van der Waals surface area (Å²) in [6.07, 6.45) is 1.05. The van der Waals surface area contributed by atoms with Crippen LogP contribution in [-0.4, -0.2) is 9.55 Å². The second-order valence-corrected chi connectivity index (χ2v) is 6.33. The van der Waals surface area contributed by atoms with E-state index in [9.17, 15) is 0 Å². The van der Waals surface area contributed by atoms with E-state index in [2.05, 4.69) is 66.4 Å². The maximum absolute atomic E-state index is 6.34. The molecular formula is C16H22BrN3. The fourth-order valence-corrected chi connectivity index (χ4v) is 2.63. The molecule has 0 radical (unpaired) electrons. The average Bonchev–Trinajstić information content (AvgIpc) is 2.72. The summed E-state index contributed by atoms with van der Waals surface area (Å²) in [6.45, 7) is 9.47. The zero-order chi connectivity index (χ0) is 14.9. The van der Waals surface area contributed by atoms with Gasteiger partial charge in [0.15, 0.2) is 0 Å². The van der Waals surface area contributed by atoms with Gasteiger partial charge in [0.05, 0.1) is 0 Å². The van der Waals surface area contributed by atoms with Crippen LogP contribution < -0.4 is 5.73 Å². The van der Waals surface area contributed by atoms with Crippen LogP contribution in [0, 0.1) is 6.92 Å². The molecule has 1 aromatic heterocycles. The van der Waals surface area contributed by atoms with Gasteiger partial charge in [0.1, 0.15) is 17.3 Å². The predicted octanol–water partition coefficient (Wildman–Crippen LogP) is 4.74. The Hall–Kier alpha value is -1.29. The van der Waals surface area contributed by atoms with Crippen molar-refractivity contribution in [3.05, 3.63) is 34.1 Å². The van der Waals surface area contributed by atoms with E-state index in [0.717, 1.165) is 40.3 Å². The summed E-state index contributed by atoms with van der Waals surface area (Å²) < 4.78 is 3.26. The van der Waals surface area contributed by atoms with Crippen LogP contribution in [0.1, 0.15) is 44.5 Å². The summed E-state index contributed by atoms with van der Waals surface area (Å²) in [7, 11) is 0. The van der Waals surface area contributed by atoms with Crippen molar-refractivity contribution in [3.8, 4) is 11.3 Å². The molecule has 0 aliphatic rings. The van der Waals surface area contributed by atoms with Gasteiger partial charge < -0.3 is 10.3 Å². The molecule has 0 bridgehead atoms. The highest BCUT2D eigenvalue weighted by atomic mass is 79.9. The third-order valence-electron chi connectivity index (χ3n) is 3.43. The number of nitrogen functional groups attached to an aromatic ring is 1. The van der Waals surface area contributed by atoms with Gasteiger partial charge in [0.25, 0.3) is 0 Å². The van der Waals surface area contributed by atoms with Gasteiger partial charge in [0.2, 0.25) is 0 Å². The summed E-state index contributed by atoms with van der Waals surface area (Å²) in [5.41, 5.74) is 9.51. The van der Waals surface area contributed by atoms with E-state index in [0.29, 0.717) is 5.92 Å². The van der Waals surface area contributed by atoms with Crippen molar-refractivity contribution < 1.29 is 0 Å². The van der Waals surface area contributed by atoms with Gasteiger partial charge in [-0.15, -0.1) is 0 Å². The lowest BCUT2D eigenvalue weighted by Gasteiger charge is -2.10. The second-order valence-electron chi connectivity index (χ2n) is 5.47. The van der Waals surface area contributed by atoms with Gasteiger partial charge in [-0.3, -0.25) is 0 Å². The molecule has 20 heavy (non-hydrogen) atoms. The van der Waals surface area contributed by atoms with E-state index in [1.165, 1.54) is 5.56 Å². The molecule has 1 aromatic carbocycles. The largest absolute Gasteiger partial charge is 0.383 e. The minimum atomic E-state index is 0.370. The van der Waals surface area contributed by atoms with Crippen LogP contribution in [0.3, 0.4) is 0 Å². The Morgan fingerprint density at radius 1 is 1.35 bits per heavy atom. The van der Waals surface area contributed by atoms with Gasteiger partial charge in [-0.05, 0) is 31.0 Å². The van der Waals surface area contributed by atoms with Gasteiger partial charge in [-0.25, -0.2) is 4.98 Å². The maximum atomic E-state index is 6.34. The average molecular weight is 336 g/mol. The van der Waals surface area contributed by atoms with Crippen LogP contribution in [-0.2, 0) is 6.54 Å². The zero-order valence-electron chi connectivity index (χ0n) is 12.6. The molecule has 0 atom stereocenters. The van der Waals surface area contributed by atoms with Gasteiger partial charge in [-0.2, -0.15) is 0 Å². The molecule has 4 heteroatoms. The van der Waals surface area contributed by atoms with Gasteiger partial charge in [-0.1, -0.05) is 42.8 Å². The van der Waals surface area contributed by atoms with E-state index in [1.807, 2.05) is 0 Å². The Balaban J connectivity index is 2.56. The molecular weight excluding hydrogens is 314 g/mol. The summed E-state index contributed by atoms with van der Waals surface area (Å²) >= 11 is 3.53. The molecule has 0 saturated heterocycles. The first-order chi connectivity index (χ1) is 9.45. The van der Waals surface area contributed by atoms with Crippen molar-refractivity contribution in [2.45, 2.75) is 46.6 Å². The number of hydrogen-bond donors (Lipinski definition) is 1. The Kier molecular flexibility index (Phi) is 4.53. The lowest BCUT2D eigenvalue weighted by Crippen LogP contribution is -2.08. The van der Waals surface area contributed by atoms with Crippen LogP contribution in [0.5, 0.6) is 0 Å². The summed E-state index contributed by atoms with van der Waals surface area (Å²) in [5, 5.41) is 0. The van der Waals surface area contributed by atoms with Crippen LogP contribution >= 0.6 is 15.9 Å². The Morgan fingerprint density at radius 3 is 2.60 bits per heavy atom. The SMILES string of the molecule is CCCn1c(C(C)C)nc(-c2ccc(Br)c(C)c2)c1N. The van der Waals surface area contributed by atoms with E-state index in [-0.39, 0.29) is 0 Å². The van der Waals surface area contributed by atoms with Crippen LogP contribution in [0.25, 0.3) is 11.3 Å². The molecule has 0 aliphatic heterocycles. The fourth-order valence-electron chi connectivity index (χ4n) is 2.39. The first-order valence-corrected chi connectivity index (χ1v) is 7.87. The fraction of sp³-hybridized carbons (Fsp3) is 0.438. The summed E-state index contributed by atoms with van der Waals surface area (Å²) in [4.78, 5) is 4.79. The molecule has 2 N–H and O–H groups in total. The third-order valence-corrected chi connectivity index (χ3v) is 4.32. The number of rotatable bonds is 4. The number of nitrogens with two attached hydrogens (primary N) is 1. The van der Waals surface area contributed by atoms with E-state index >= 15 is 0 Å². The Bertz CT molecular complexity index is 614. The number of hydrogen-bond acceptors (Lipinski definition) is 2. The molecule has 108 valence electrons. The zero-order valence-corrected chi connectivity index (χ0v) is 14.2. The number of aromatic nitrogens is 2. The minimum absolute atomic E-state index is 0.370. The molecule has 3 nitrogen and oxygen atoms in total. The normalized spacial score (nSPS) is 11.3. The molecule has 2 rings (SSSR count). The number of nitrogens with zero attached hydrogens (tertiary/aromatic N) is 2. The predicted molar refractivity (Wildman–Crippen MR) is 88.9 cm³/mol. The van der Waals surface area contributed by atoms with Crippen LogP contribution in [0.2, 0.25) is 0 Å². The van der Waals surface area contributed by atoms with Crippen molar-refractivity contribution in [3.63, 3.8) is 0 Å². The lowest BCUT2D eigenvalue weighted by atomic mass is 10.1. The van der Waals surface area contributed by atoms with Crippen molar-refractivity contribution in [2.75, 3.05) is 5.73 Å². The number of imidazole rings is 1. The van der Waals surface area contributed by atoms with Crippen molar-refractivity contribution in [2.24, 2.45) is 0 Å². The highest BCUT2D eigenvalue weighted by Crippen LogP contribution is 2.31. The molecule has 0 fully saturated rings. The number of halogens is 1. The quantitative estimate of drug-likeness (QED) is 0.877. The summed E-state index contributed by atoms with van der Waals surface area (Å²) in [6, 6.07) is 6.25. The monoisotopic (exact) mass is 335 g/mol. The highest BCUT2D eigenvalue weighted by Gasteiger charge is 2.18. The van der Waals surface area contributed by atoms with Gasteiger partial charge >= 0.3 is 0 Å². The number of anilines is 1. The first kappa shape index (κ1) is 15.1. The van der Waals surface area contributed by atoms with E-state index < -0.39 is 0 Å². The number of aryl methyl sites for hydroxylation is 1. The van der Waals surface area contributed by atoms with Crippen molar-refractivity contribution in [1.29, 1.82) is 0 Å². The molecule has 1 heterocycles. The van der Waals surface area contributed by atoms with Crippen LogP contribution in [0.4, 0.5) is 5.82 Å². The first-order valence-electron chi connectivity index (χ1n) is 7.08. The van der Waals surface area contributed by atoms with Crippen LogP contribution in [0.15, 0.2) is 22.7 Å². The molecule has 0 spiro atoms. The topological polar surface area (TPSA) is 43.8 Å². The highest BCUT2D eigenvalue weighted by molar-refractivity contribution is 9.10. The van der Waals surface area contributed by atoms with Gasteiger partial charge in [0, 0.05) is 22.5 Å². The van der Waals surface area contributed by atoms with E-state index in [1.54, 1.807) is 0 Å². The third kappa shape index (κ3) is 2.75. The second kappa shape index (κ2) is 6.00. The Morgan fingerprint density at radius 2 is 2.05 bits per heavy atom. The molecule has 2 aromatic rings. The standard InChI is InChI=1S/C16H22BrN3/c1-5-8-20-15(18)14(19-16(20)10(2)3)12-6-7-13(17)11(4)9-12/h6-7,9-10H,5,8,18H2,1-4H3. The smallest absolute Gasteiger partial charge is 0.131 e. The minimum Gasteiger partial charge on any atom is -0.383 e. The molecule has 0 saturated carbocycles. The van der Waals surface area contributed by atoms with E-state index in [4.69, 9.17) is 10.7 Å². The maximum Gasteiger partial charge on any atom is 0.131 e. The number of benzene rings is 1. The summed E-state index contributed by atoms with van der Waals surface area (Å²) in [5.74, 6) is 2.21. The Labute approximate surface area is 129 Å². The van der Waals surface area contributed by atoms with Crippen molar-refractivity contribution in [1.82, 2.24) is 9.55 Å².